The molecule has 30 heavy (non-hydrogen) atoms. The van der Waals surface area contributed by atoms with Gasteiger partial charge in [-0.15, -0.1) is 0 Å². The molecule has 0 aliphatic heterocycles. The Labute approximate surface area is 176 Å². The molecule has 4 aromatic carbocycles. The molecule has 0 bridgehead atoms. The molecule has 0 atom stereocenters. The Morgan fingerprint density at radius 2 is 1.50 bits per heavy atom. The van der Waals surface area contributed by atoms with Crippen LogP contribution in [0.4, 0.5) is 0 Å². The Bertz CT molecular complexity index is 1380. The minimum Gasteiger partial charge on any atom is -0.236 e. The van der Waals surface area contributed by atoms with Crippen molar-refractivity contribution in [2.45, 2.75) is 38.0 Å². The molecule has 1 fully saturated rings. The first-order valence-corrected chi connectivity index (χ1v) is 11.0. The third-order valence-corrected chi connectivity index (χ3v) is 6.75. The summed E-state index contributed by atoms with van der Waals surface area (Å²) in [6.07, 6.45) is 8.43. The summed E-state index contributed by atoms with van der Waals surface area (Å²) in [7, 11) is 0. The monoisotopic (exact) mass is 388 g/mol. The molecule has 0 amide bonds. The van der Waals surface area contributed by atoms with Crippen molar-refractivity contribution in [1.82, 2.24) is 9.97 Å². The van der Waals surface area contributed by atoms with E-state index in [0.717, 1.165) is 16.6 Å². The molecule has 0 spiro atoms. The largest absolute Gasteiger partial charge is 0.236 e. The zero-order chi connectivity index (χ0) is 19.9. The van der Waals surface area contributed by atoms with E-state index in [1.54, 1.807) is 6.33 Å². The number of fused-ring (bicyclic) bond motifs is 5. The summed E-state index contributed by atoms with van der Waals surface area (Å²) in [6, 6.07) is 26.4. The molecule has 2 nitrogen and oxygen atoms in total. The molecule has 1 aromatic heterocycles. The molecule has 6 rings (SSSR count). The molecule has 1 aliphatic carbocycles. The average Bonchev–Trinajstić information content (AvgIpc) is 2.84. The van der Waals surface area contributed by atoms with Gasteiger partial charge in [0.25, 0.3) is 0 Å². The Morgan fingerprint density at radius 1 is 0.667 bits per heavy atom. The maximum absolute atomic E-state index is 4.75. The minimum atomic E-state index is 0.691. The van der Waals surface area contributed by atoms with E-state index in [1.807, 2.05) is 0 Å². The average molecular weight is 389 g/mol. The molecule has 1 saturated carbocycles. The van der Waals surface area contributed by atoms with Crippen molar-refractivity contribution in [2.24, 2.45) is 0 Å². The van der Waals surface area contributed by atoms with E-state index >= 15 is 0 Å². The Hall–Kier alpha value is -3.26. The van der Waals surface area contributed by atoms with Crippen LogP contribution in [0, 0.1) is 0 Å². The van der Waals surface area contributed by atoms with E-state index in [1.165, 1.54) is 64.8 Å². The quantitative estimate of drug-likeness (QED) is 0.290. The fraction of sp³-hybridized carbons (Fsp3) is 0.214. The fourth-order valence-electron chi connectivity index (χ4n) is 5.22. The highest BCUT2D eigenvalue weighted by Gasteiger charge is 2.17. The number of hydrogen-bond acceptors (Lipinski definition) is 2. The predicted octanol–water partition coefficient (Wildman–Crippen LogP) is 7.65. The van der Waals surface area contributed by atoms with Crippen LogP contribution in [0.1, 0.15) is 43.6 Å². The van der Waals surface area contributed by atoms with Crippen LogP contribution in [0.5, 0.6) is 0 Å². The summed E-state index contributed by atoms with van der Waals surface area (Å²) in [6.45, 7) is 0. The van der Waals surface area contributed by atoms with Gasteiger partial charge in [0, 0.05) is 16.3 Å². The highest BCUT2D eigenvalue weighted by atomic mass is 14.8. The Kier molecular flexibility index (Phi) is 4.23. The van der Waals surface area contributed by atoms with E-state index in [0.29, 0.717) is 5.92 Å². The molecule has 0 saturated heterocycles. The molecule has 146 valence electrons. The second-order valence-corrected chi connectivity index (χ2v) is 8.53. The first kappa shape index (κ1) is 17.6. The number of aromatic nitrogens is 2. The van der Waals surface area contributed by atoms with Crippen LogP contribution in [0.2, 0.25) is 0 Å². The van der Waals surface area contributed by atoms with E-state index < -0.39 is 0 Å². The molecule has 1 aliphatic rings. The summed E-state index contributed by atoms with van der Waals surface area (Å²) < 4.78 is 0. The summed E-state index contributed by atoms with van der Waals surface area (Å²) in [5, 5.41) is 6.07. The summed E-state index contributed by atoms with van der Waals surface area (Å²) in [5.41, 5.74) is 4.74. The van der Waals surface area contributed by atoms with E-state index in [4.69, 9.17) is 9.97 Å². The lowest BCUT2D eigenvalue weighted by molar-refractivity contribution is 0.443. The van der Waals surface area contributed by atoms with Crippen molar-refractivity contribution in [3.63, 3.8) is 0 Å². The molecular formula is C28H24N2. The molecule has 0 N–H and O–H groups in total. The van der Waals surface area contributed by atoms with Crippen LogP contribution in [0.15, 0.2) is 79.1 Å². The van der Waals surface area contributed by atoms with E-state index in [2.05, 4.69) is 72.8 Å². The number of nitrogens with zero attached hydrogens (tertiary/aromatic N) is 2. The number of benzene rings is 4. The standard InChI is InChI=1S/C28H24N2/c1-2-7-19(8-3-1)22-10-6-11-23(17-22)27-25-16-15-21-14-13-20-9-4-5-12-24(20)26(21)28(25)30-18-29-27/h4-6,9-19H,1-3,7-8H2. The van der Waals surface area contributed by atoms with Crippen LogP contribution in [0.3, 0.4) is 0 Å². The van der Waals surface area contributed by atoms with Gasteiger partial charge in [-0.2, -0.15) is 0 Å². The van der Waals surface area contributed by atoms with Gasteiger partial charge in [-0.25, -0.2) is 9.97 Å². The topological polar surface area (TPSA) is 25.8 Å². The van der Waals surface area contributed by atoms with E-state index in [-0.39, 0.29) is 0 Å². The smallest absolute Gasteiger partial charge is 0.116 e. The van der Waals surface area contributed by atoms with Gasteiger partial charge in [0.15, 0.2) is 0 Å². The predicted molar refractivity (Wildman–Crippen MR) is 126 cm³/mol. The molecular weight excluding hydrogens is 364 g/mol. The third-order valence-electron chi connectivity index (χ3n) is 6.75. The van der Waals surface area contributed by atoms with Gasteiger partial charge in [-0.3, -0.25) is 0 Å². The van der Waals surface area contributed by atoms with Crippen molar-refractivity contribution in [3.05, 3.63) is 84.7 Å². The zero-order valence-electron chi connectivity index (χ0n) is 17.0. The van der Waals surface area contributed by atoms with Gasteiger partial charge in [-0.05, 0) is 52.6 Å². The first-order chi connectivity index (χ1) is 14.9. The summed E-state index contributed by atoms with van der Waals surface area (Å²) in [5.74, 6) is 0.691. The van der Waals surface area contributed by atoms with Crippen LogP contribution in [-0.2, 0) is 0 Å². The SMILES string of the molecule is c1cc(-c2ncnc3c2ccc2ccc4ccccc4c23)cc(C2CCCCC2)c1. The van der Waals surface area contributed by atoms with Crippen molar-refractivity contribution in [2.75, 3.05) is 0 Å². The minimum absolute atomic E-state index is 0.691. The Balaban J connectivity index is 1.58. The lowest BCUT2D eigenvalue weighted by Crippen LogP contribution is -2.04. The maximum Gasteiger partial charge on any atom is 0.116 e. The second kappa shape index (κ2) is 7.21. The van der Waals surface area contributed by atoms with Crippen molar-refractivity contribution in [3.8, 4) is 11.3 Å². The van der Waals surface area contributed by atoms with Crippen molar-refractivity contribution >= 4 is 32.4 Å². The van der Waals surface area contributed by atoms with Gasteiger partial charge in [0.05, 0.1) is 11.2 Å². The fourth-order valence-corrected chi connectivity index (χ4v) is 5.22. The molecule has 1 heterocycles. The normalized spacial score (nSPS) is 15.2. The number of rotatable bonds is 2. The maximum atomic E-state index is 4.75. The summed E-state index contributed by atoms with van der Waals surface area (Å²) in [4.78, 5) is 9.49. The third kappa shape index (κ3) is 2.87. The zero-order valence-corrected chi connectivity index (χ0v) is 17.0. The second-order valence-electron chi connectivity index (χ2n) is 8.53. The summed E-state index contributed by atoms with van der Waals surface area (Å²) >= 11 is 0. The van der Waals surface area contributed by atoms with E-state index in [9.17, 15) is 0 Å². The van der Waals surface area contributed by atoms with Crippen LogP contribution < -0.4 is 0 Å². The van der Waals surface area contributed by atoms with Gasteiger partial charge in [-0.1, -0.05) is 79.9 Å². The highest BCUT2D eigenvalue weighted by Crippen LogP contribution is 2.37. The van der Waals surface area contributed by atoms with Crippen molar-refractivity contribution in [1.29, 1.82) is 0 Å². The van der Waals surface area contributed by atoms with Gasteiger partial charge >= 0.3 is 0 Å². The molecule has 2 heteroatoms. The molecule has 0 unspecified atom stereocenters. The molecule has 5 aromatic rings. The van der Waals surface area contributed by atoms with Crippen molar-refractivity contribution < 1.29 is 0 Å². The lowest BCUT2D eigenvalue weighted by atomic mass is 9.83. The van der Waals surface area contributed by atoms with Gasteiger partial charge < -0.3 is 0 Å². The highest BCUT2D eigenvalue weighted by molar-refractivity contribution is 6.20. The van der Waals surface area contributed by atoms with Gasteiger partial charge in [0.2, 0.25) is 0 Å². The van der Waals surface area contributed by atoms with Crippen LogP contribution >= 0.6 is 0 Å². The number of hydrogen-bond donors (Lipinski definition) is 0. The lowest BCUT2D eigenvalue weighted by Gasteiger charge is -2.22. The molecule has 0 radical (unpaired) electrons. The van der Waals surface area contributed by atoms with Crippen LogP contribution in [-0.4, -0.2) is 9.97 Å². The first-order valence-electron chi connectivity index (χ1n) is 11.0. The Morgan fingerprint density at radius 3 is 2.43 bits per heavy atom. The van der Waals surface area contributed by atoms with Crippen LogP contribution in [0.25, 0.3) is 43.7 Å². The van der Waals surface area contributed by atoms with Gasteiger partial charge in [0.1, 0.15) is 6.33 Å².